The number of carbonyl (C=O) groups excluding carboxylic acids is 1. The molecule has 0 fully saturated rings. The standard InChI is InChI=1S/C31H46O2/c1-22(2)12-9-13-23(3)14-10-15-24(4)16-11-20-31(6)21-19-26-25(5)29(32)27-17-7-8-18-28(27)30(26)33-31/h7-8,17-18,22-24H,5,9-16,19-21H2,1-4,6H3/t23-,24-,31-/m0/s1. The third-order valence-electron chi connectivity index (χ3n) is 7.86. The Bertz CT molecular complexity index is 861. The zero-order valence-electron chi connectivity index (χ0n) is 21.8. The molecule has 3 rings (SSSR count). The van der Waals surface area contributed by atoms with Crippen LogP contribution < -0.4 is 0 Å². The van der Waals surface area contributed by atoms with E-state index in [-0.39, 0.29) is 11.4 Å². The van der Waals surface area contributed by atoms with Crippen molar-refractivity contribution < 1.29 is 9.53 Å². The molecule has 0 unspecified atom stereocenters. The van der Waals surface area contributed by atoms with E-state index in [1.165, 1.54) is 51.4 Å². The first-order chi connectivity index (χ1) is 15.7. The van der Waals surface area contributed by atoms with Crippen molar-refractivity contribution in [1.29, 1.82) is 0 Å². The van der Waals surface area contributed by atoms with Crippen molar-refractivity contribution >= 4 is 11.5 Å². The Morgan fingerprint density at radius 2 is 1.48 bits per heavy atom. The zero-order valence-corrected chi connectivity index (χ0v) is 21.8. The third-order valence-corrected chi connectivity index (χ3v) is 7.86. The van der Waals surface area contributed by atoms with Crippen LogP contribution in [0.5, 0.6) is 0 Å². The monoisotopic (exact) mass is 450 g/mol. The lowest BCUT2D eigenvalue weighted by atomic mass is 9.79. The summed E-state index contributed by atoms with van der Waals surface area (Å²) in [5.74, 6) is 3.45. The smallest absolute Gasteiger partial charge is 0.193 e. The van der Waals surface area contributed by atoms with Crippen molar-refractivity contribution in [2.75, 3.05) is 0 Å². The molecule has 0 saturated heterocycles. The average molecular weight is 451 g/mol. The van der Waals surface area contributed by atoms with Crippen LogP contribution in [-0.2, 0) is 4.74 Å². The van der Waals surface area contributed by atoms with E-state index < -0.39 is 0 Å². The summed E-state index contributed by atoms with van der Waals surface area (Å²) in [5.41, 5.74) is 3.17. The number of fused-ring (bicyclic) bond motifs is 2. The summed E-state index contributed by atoms with van der Waals surface area (Å²) >= 11 is 0. The predicted octanol–water partition coefficient (Wildman–Crippen LogP) is 9.16. The van der Waals surface area contributed by atoms with Gasteiger partial charge >= 0.3 is 0 Å². The van der Waals surface area contributed by atoms with Gasteiger partial charge in [-0.1, -0.05) is 103 Å². The van der Waals surface area contributed by atoms with Gasteiger partial charge in [-0.15, -0.1) is 0 Å². The molecule has 1 aromatic rings. The van der Waals surface area contributed by atoms with Crippen LogP contribution in [0.15, 0.2) is 42.0 Å². The van der Waals surface area contributed by atoms with Crippen LogP contribution in [0, 0.1) is 17.8 Å². The molecule has 1 aliphatic carbocycles. The van der Waals surface area contributed by atoms with Gasteiger partial charge in [0.25, 0.3) is 0 Å². The molecular formula is C31H46O2. The highest BCUT2D eigenvalue weighted by molar-refractivity contribution is 6.17. The topological polar surface area (TPSA) is 26.3 Å². The Hall–Kier alpha value is -1.83. The summed E-state index contributed by atoms with van der Waals surface area (Å²) in [5, 5.41) is 0. The van der Waals surface area contributed by atoms with Crippen molar-refractivity contribution in [3.63, 3.8) is 0 Å². The molecule has 0 amide bonds. The summed E-state index contributed by atoms with van der Waals surface area (Å²) in [7, 11) is 0. The van der Waals surface area contributed by atoms with Gasteiger partial charge in [0.2, 0.25) is 0 Å². The third kappa shape index (κ3) is 6.84. The molecule has 0 bridgehead atoms. The van der Waals surface area contributed by atoms with E-state index in [0.29, 0.717) is 5.57 Å². The van der Waals surface area contributed by atoms with Crippen LogP contribution in [-0.4, -0.2) is 11.4 Å². The first-order valence-corrected chi connectivity index (χ1v) is 13.5. The molecule has 0 saturated carbocycles. The number of benzene rings is 1. The van der Waals surface area contributed by atoms with Crippen LogP contribution in [0.25, 0.3) is 5.76 Å². The maximum absolute atomic E-state index is 12.7. The normalized spacial score (nSPS) is 22.1. The predicted molar refractivity (Wildman–Crippen MR) is 140 cm³/mol. The molecule has 1 aromatic carbocycles. The van der Waals surface area contributed by atoms with Crippen LogP contribution >= 0.6 is 0 Å². The van der Waals surface area contributed by atoms with Crippen molar-refractivity contribution in [2.45, 2.75) is 111 Å². The van der Waals surface area contributed by atoms with Gasteiger partial charge in [-0.2, -0.15) is 0 Å². The van der Waals surface area contributed by atoms with E-state index in [2.05, 4.69) is 41.2 Å². The minimum absolute atomic E-state index is 0.0552. The number of carbonyl (C=O) groups is 1. The SMILES string of the molecule is C=C1C(=O)c2ccccc2C2=C1CC[C@](C)(CCC[C@@H](C)CCC[C@@H](C)CCCC(C)C)O2. The van der Waals surface area contributed by atoms with Crippen LogP contribution in [0.4, 0.5) is 0 Å². The molecule has 0 N–H and O–H groups in total. The second-order valence-electron chi connectivity index (χ2n) is 11.6. The molecule has 2 nitrogen and oxygen atoms in total. The van der Waals surface area contributed by atoms with Gasteiger partial charge in [-0.25, -0.2) is 0 Å². The van der Waals surface area contributed by atoms with E-state index >= 15 is 0 Å². The second kappa shape index (κ2) is 11.5. The van der Waals surface area contributed by atoms with Crippen LogP contribution in [0.3, 0.4) is 0 Å². The van der Waals surface area contributed by atoms with Gasteiger partial charge in [-0.05, 0) is 50.4 Å². The lowest BCUT2D eigenvalue weighted by molar-refractivity contribution is 0.0260. The number of ketones is 1. The lowest BCUT2D eigenvalue weighted by Gasteiger charge is -2.40. The van der Waals surface area contributed by atoms with Gasteiger partial charge in [0.05, 0.1) is 0 Å². The van der Waals surface area contributed by atoms with Gasteiger partial charge in [0, 0.05) is 22.3 Å². The molecule has 33 heavy (non-hydrogen) atoms. The first-order valence-electron chi connectivity index (χ1n) is 13.5. The number of Topliss-reactive ketones (excluding diaryl/α,β-unsaturated/α-hetero) is 1. The van der Waals surface area contributed by atoms with Gasteiger partial charge in [0.1, 0.15) is 11.4 Å². The summed E-state index contributed by atoms with van der Waals surface area (Å²) in [4.78, 5) is 12.7. The summed E-state index contributed by atoms with van der Waals surface area (Å²) in [6.07, 6.45) is 13.6. The fourth-order valence-electron chi connectivity index (χ4n) is 5.52. The van der Waals surface area contributed by atoms with Crippen molar-refractivity contribution in [2.24, 2.45) is 17.8 Å². The Balaban J connectivity index is 1.44. The van der Waals surface area contributed by atoms with Gasteiger partial charge in [0.15, 0.2) is 5.78 Å². The minimum atomic E-state index is -0.155. The highest BCUT2D eigenvalue weighted by Crippen LogP contribution is 2.45. The Labute approximate surface area is 202 Å². The van der Waals surface area contributed by atoms with Gasteiger partial charge < -0.3 is 4.74 Å². The molecular weight excluding hydrogens is 404 g/mol. The quantitative estimate of drug-likeness (QED) is 0.297. The molecule has 0 spiro atoms. The van der Waals surface area contributed by atoms with Crippen molar-refractivity contribution in [3.8, 4) is 0 Å². The minimum Gasteiger partial charge on any atom is -0.487 e. The lowest BCUT2D eigenvalue weighted by Crippen LogP contribution is -2.34. The fourth-order valence-corrected chi connectivity index (χ4v) is 5.52. The number of allylic oxidation sites excluding steroid dienone is 2. The highest BCUT2D eigenvalue weighted by atomic mass is 16.5. The highest BCUT2D eigenvalue weighted by Gasteiger charge is 2.38. The molecule has 2 aliphatic rings. The summed E-state index contributed by atoms with van der Waals surface area (Å²) < 4.78 is 6.64. The van der Waals surface area contributed by atoms with Crippen molar-refractivity contribution in [1.82, 2.24) is 0 Å². The molecule has 2 heteroatoms. The van der Waals surface area contributed by atoms with Gasteiger partial charge in [-0.3, -0.25) is 4.79 Å². The summed E-state index contributed by atoms with van der Waals surface area (Å²) in [6.45, 7) is 15.8. The number of hydrogen-bond donors (Lipinski definition) is 0. The maximum Gasteiger partial charge on any atom is 0.193 e. The first kappa shape index (κ1) is 25.8. The van der Waals surface area contributed by atoms with Crippen LogP contribution in [0.1, 0.15) is 121 Å². The molecule has 1 heterocycles. The second-order valence-corrected chi connectivity index (χ2v) is 11.6. The molecule has 3 atom stereocenters. The van der Waals surface area contributed by atoms with E-state index in [4.69, 9.17) is 4.74 Å². The van der Waals surface area contributed by atoms with E-state index in [1.54, 1.807) is 0 Å². The Morgan fingerprint density at radius 3 is 2.12 bits per heavy atom. The molecule has 182 valence electrons. The Morgan fingerprint density at radius 1 is 0.909 bits per heavy atom. The van der Waals surface area contributed by atoms with Crippen LogP contribution in [0.2, 0.25) is 0 Å². The van der Waals surface area contributed by atoms with Crippen molar-refractivity contribution in [3.05, 3.63) is 53.1 Å². The van der Waals surface area contributed by atoms with E-state index in [9.17, 15) is 4.79 Å². The molecule has 0 radical (unpaired) electrons. The number of hydrogen-bond acceptors (Lipinski definition) is 2. The molecule has 1 aliphatic heterocycles. The fraction of sp³-hybridized carbons (Fsp3) is 0.645. The number of rotatable bonds is 12. The largest absolute Gasteiger partial charge is 0.487 e. The zero-order chi connectivity index (χ0) is 24.0. The maximum atomic E-state index is 12.7. The number of ether oxygens (including phenoxy) is 1. The summed E-state index contributed by atoms with van der Waals surface area (Å²) in [6, 6.07) is 7.83. The van der Waals surface area contributed by atoms with E-state index in [0.717, 1.165) is 59.5 Å². The molecule has 0 aromatic heterocycles. The Kier molecular flexibility index (Phi) is 9.02. The van der Waals surface area contributed by atoms with E-state index in [1.807, 2.05) is 24.3 Å². The average Bonchev–Trinajstić information content (AvgIpc) is 2.77.